The number of carbonyl (C=O) groups is 1. The van der Waals surface area contributed by atoms with Gasteiger partial charge in [-0.2, -0.15) is 0 Å². The van der Waals surface area contributed by atoms with Crippen molar-refractivity contribution in [2.45, 2.75) is 45.1 Å². The molecule has 0 bridgehead atoms. The van der Waals surface area contributed by atoms with Gasteiger partial charge in [-0.25, -0.2) is 0 Å². The van der Waals surface area contributed by atoms with Crippen LogP contribution in [0.1, 0.15) is 39.0 Å². The lowest BCUT2D eigenvalue weighted by Gasteiger charge is -2.21. The first-order valence-corrected chi connectivity index (χ1v) is 4.97. The van der Waals surface area contributed by atoms with Gasteiger partial charge in [-0.1, -0.05) is 13.3 Å². The maximum absolute atomic E-state index is 11.0. The zero-order chi connectivity index (χ0) is 9.90. The molecule has 1 aliphatic rings. The fourth-order valence-corrected chi connectivity index (χ4v) is 1.94. The highest BCUT2D eigenvalue weighted by Crippen LogP contribution is 2.52. The summed E-state index contributed by atoms with van der Waals surface area (Å²) in [6.07, 6.45) is 5.02. The molecule has 0 aromatic carbocycles. The van der Waals surface area contributed by atoms with Gasteiger partial charge in [0.2, 0.25) is 0 Å². The Morgan fingerprint density at radius 3 is 2.62 bits per heavy atom. The van der Waals surface area contributed by atoms with Crippen molar-refractivity contribution in [1.82, 2.24) is 0 Å². The number of hydrogen-bond acceptors (Lipinski definition) is 3. The number of nitrogens with two attached hydrogens (primary N) is 1. The highest BCUT2D eigenvalue weighted by molar-refractivity contribution is 5.70. The molecule has 1 aliphatic carbocycles. The van der Waals surface area contributed by atoms with Gasteiger partial charge in [0.05, 0.1) is 13.5 Å². The van der Waals surface area contributed by atoms with Crippen molar-refractivity contribution in [1.29, 1.82) is 0 Å². The molecular formula is C10H19NO2. The van der Waals surface area contributed by atoms with Crippen molar-refractivity contribution in [2.75, 3.05) is 7.11 Å². The van der Waals surface area contributed by atoms with Gasteiger partial charge in [-0.3, -0.25) is 4.79 Å². The SMILES string of the molecule is CCCC1(C(N)CC(=O)OC)CC1. The second kappa shape index (κ2) is 4.09. The molecule has 0 amide bonds. The lowest BCUT2D eigenvalue weighted by Crippen LogP contribution is -2.34. The smallest absolute Gasteiger partial charge is 0.307 e. The second-order valence-electron chi connectivity index (χ2n) is 4.00. The lowest BCUT2D eigenvalue weighted by molar-refractivity contribution is -0.141. The molecule has 1 rings (SSSR count). The van der Waals surface area contributed by atoms with Crippen LogP contribution < -0.4 is 5.73 Å². The van der Waals surface area contributed by atoms with E-state index in [1.165, 1.54) is 20.0 Å². The standard InChI is InChI=1S/C10H19NO2/c1-3-4-10(5-6-10)8(11)7-9(12)13-2/h8H,3-7,11H2,1-2H3. The summed E-state index contributed by atoms with van der Waals surface area (Å²) in [5.41, 5.74) is 6.24. The van der Waals surface area contributed by atoms with Crippen LogP contribution in [0.2, 0.25) is 0 Å². The van der Waals surface area contributed by atoms with Crippen molar-refractivity contribution in [2.24, 2.45) is 11.1 Å². The van der Waals surface area contributed by atoms with Crippen molar-refractivity contribution < 1.29 is 9.53 Å². The van der Waals surface area contributed by atoms with Crippen molar-refractivity contribution in [3.63, 3.8) is 0 Å². The summed E-state index contributed by atoms with van der Waals surface area (Å²) in [6.45, 7) is 2.16. The van der Waals surface area contributed by atoms with E-state index < -0.39 is 0 Å². The fraction of sp³-hybridized carbons (Fsp3) is 0.900. The van der Waals surface area contributed by atoms with E-state index in [1.54, 1.807) is 0 Å². The van der Waals surface area contributed by atoms with E-state index >= 15 is 0 Å². The Balaban J connectivity index is 2.38. The van der Waals surface area contributed by atoms with Gasteiger partial charge in [0.25, 0.3) is 0 Å². The van der Waals surface area contributed by atoms with E-state index in [1.807, 2.05) is 0 Å². The van der Waals surface area contributed by atoms with Crippen molar-refractivity contribution >= 4 is 5.97 Å². The molecule has 0 aromatic rings. The molecular weight excluding hydrogens is 166 g/mol. The van der Waals surface area contributed by atoms with Crippen molar-refractivity contribution in [3.05, 3.63) is 0 Å². The molecule has 0 saturated heterocycles. The molecule has 76 valence electrons. The van der Waals surface area contributed by atoms with Crippen LogP contribution in [0.3, 0.4) is 0 Å². The minimum atomic E-state index is -0.185. The van der Waals surface area contributed by atoms with Crippen LogP contribution in [0, 0.1) is 5.41 Å². The minimum Gasteiger partial charge on any atom is -0.469 e. The Morgan fingerprint density at radius 2 is 2.23 bits per heavy atom. The molecule has 1 saturated carbocycles. The molecule has 2 N–H and O–H groups in total. The summed E-state index contributed by atoms with van der Waals surface area (Å²) < 4.78 is 4.60. The quantitative estimate of drug-likeness (QED) is 0.660. The third-order valence-electron chi connectivity index (χ3n) is 3.04. The van der Waals surface area contributed by atoms with E-state index in [2.05, 4.69) is 11.7 Å². The highest BCUT2D eigenvalue weighted by atomic mass is 16.5. The zero-order valence-corrected chi connectivity index (χ0v) is 8.51. The highest BCUT2D eigenvalue weighted by Gasteiger charge is 2.47. The van der Waals surface area contributed by atoms with Crippen LogP contribution in [0.5, 0.6) is 0 Å². The Labute approximate surface area is 79.6 Å². The van der Waals surface area contributed by atoms with E-state index in [9.17, 15) is 4.79 Å². The van der Waals surface area contributed by atoms with E-state index in [-0.39, 0.29) is 17.4 Å². The van der Waals surface area contributed by atoms with E-state index in [0.29, 0.717) is 6.42 Å². The van der Waals surface area contributed by atoms with Crippen LogP contribution in [0.25, 0.3) is 0 Å². The number of hydrogen-bond donors (Lipinski definition) is 1. The van der Waals surface area contributed by atoms with E-state index in [4.69, 9.17) is 5.73 Å². The van der Waals surface area contributed by atoms with Crippen LogP contribution in [0.4, 0.5) is 0 Å². The molecule has 0 radical (unpaired) electrons. The van der Waals surface area contributed by atoms with E-state index in [0.717, 1.165) is 12.8 Å². The summed E-state index contributed by atoms with van der Waals surface area (Å²) >= 11 is 0. The third kappa shape index (κ3) is 2.44. The monoisotopic (exact) mass is 185 g/mol. The Hall–Kier alpha value is -0.570. The Morgan fingerprint density at radius 1 is 1.62 bits per heavy atom. The molecule has 13 heavy (non-hydrogen) atoms. The van der Waals surface area contributed by atoms with Gasteiger partial charge in [0.15, 0.2) is 0 Å². The normalized spacial score (nSPS) is 20.8. The summed E-state index contributed by atoms with van der Waals surface area (Å²) in [5.74, 6) is -0.185. The van der Waals surface area contributed by atoms with Gasteiger partial charge in [-0.15, -0.1) is 0 Å². The average molecular weight is 185 g/mol. The largest absolute Gasteiger partial charge is 0.469 e. The molecule has 0 aliphatic heterocycles. The summed E-state index contributed by atoms with van der Waals surface area (Å²) in [6, 6.07) is -0.0000926. The number of methoxy groups -OCH3 is 1. The fourth-order valence-electron chi connectivity index (χ4n) is 1.94. The summed E-state index contributed by atoms with van der Waals surface area (Å²) in [4.78, 5) is 11.0. The molecule has 1 atom stereocenters. The summed E-state index contributed by atoms with van der Waals surface area (Å²) in [7, 11) is 1.41. The number of ether oxygens (including phenoxy) is 1. The topological polar surface area (TPSA) is 52.3 Å². The predicted molar refractivity (Wildman–Crippen MR) is 51.2 cm³/mol. The Kier molecular flexibility index (Phi) is 3.31. The van der Waals surface area contributed by atoms with Crippen molar-refractivity contribution in [3.8, 4) is 0 Å². The molecule has 1 fully saturated rings. The number of carbonyl (C=O) groups excluding carboxylic acids is 1. The third-order valence-corrected chi connectivity index (χ3v) is 3.04. The molecule has 0 spiro atoms. The van der Waals surface area contributed by atoms with Gasteiger partial charge < -0.3 is 10.5 Å². The lowest BCUT2D eigenvalue weighted by atomic mass is 9.90. The second-order valence-corrected chi connectivity index (χ2v) is 4.00. The first kappa shape index (κ1) is 10.5. The average Bonchev–Trinajstić information content (AvgIpc) is 2.86. The first-order valence-electron chi connectivity index (χ1n) is 4.97. The summed E-state index contributed by atoms with van der Waals surface area (Å²) in [5, 5.41) is 0. The van der Waals surface area contributed by atoms with Gasteiger partial charge >= 0.3 is 5.97 Å². The molecule has 3 nitrogen and oxygen atoms in total. The van der Waals surface area contributed by atoms with Crippen LogP contribution in [-0.4, -0.2) is 19.1 Å². The number of esters is 1. The van der Waals surface area contributed by atoms with Crippen LogP contribution in [0.15, 0.2) is 0 Å². The minimum absolute atomic E-state index is 0.0000926. The van der Waals surface area contributed by atoms with Crippen LogP contribution in [-0.2, 0) is 9.53 Å². The maximum Gasteiger partial charge on any atom is 0.307 e. The molecule has 0 heterocycles. The molecule has 3 heteroatoms. The van der Waals surface area contributed by atoms with Gasteiger partial charge in [0.1, 0.15) is 0 Å². The zero-order valence-electron chi connectivity index (χ0n) is 8.51. The Bertz CT molecular complexity index is 187. The van der Waals surface area contributed by atoms with Gasteiger partial charge in [0, 0.05) is 6.04 Å². The first-order chi connectivity index (χ1) is 6.14. The molecule has 1 unspecified atom stereocenters. The predicted octanol–water partition coefficient (Wildman–Crippen LogP) is 1.46. The maximum atomic E-state index is 11.0. The van der Waals surface area contributed by atoms with Gasteiger partial charge in [-0.05, 0) is 24.7 Å². The molecule has 0 aromatic heterocycles. The van der Waals surface area contributed by atoms with Crippen LogP contribution >= 0.6 is 0 Å². The number of rotatable bonds is 5.